The van der Waals surface area contributed by atoms with Gasteiger partial charge in [-0.15, -0.1) is 6.58 Å². The van der Waals surface area contributed by atoms with E-state index in [9.17, 15) is 0 Å². The lowest BCUT2D eigenvalue weighted by Gasteiger charge is -2.21. The topological polar surface area (TPSA) is 0 Å². The van der Waals surface area contributed by atoms with Gasteiger partial charge in [-0.1, -0.05) is 52.0 Å². The molecule has 0 spiro atoms. The first kappa shape index (κ1) is 12.0. The van der Waals surface area contributed by atoms with Crippen LogP contribution in [0.15, 0.2) is 30.9 Å². The number of hydrogen-bond donors (Lipinski definition) is 0. The van der Waals surface area contributed by atoms with Crippen LogP contribution in [0.5, 0.6) is 0 Å². The predicted octanol–water partition coefficient (Wildman–Crippen LogP) is 4.28. The molecule has 0 radical (unpaired) electrons. The number of allylic oxidation sites excluding steroid dienone is 1. The van der Waals surface area contributed by atoms with Crippen molar-refractivity contribution in [2.45, 2.75) is 46.0 Å². The molecule has 0 nitrogen and oxygen atoms in total. The van der Waals surface area contributed by atoms with E-state index in [-0.39, 0.29) is 5.41 Å². The van der Waals surface area contributed by atoms with Crippen molar-refractivity contribution in [1.82, 2.24) is 0 Å². The summed E-state index contributed by atoms with van der Waals surface area (Å²) in [7, 11) is 0. The van der Waals surface area contributed by atoms with Gasteiger partial charge in [0.25, 0.3) is 0 Å². The Bertz CT molecular complexity index is 340. The van der Waals surface area contributed by atoms with Crippen LogP contribution in [-0.4, -0.2) is 0 Å². The lowest BCUT2D eigenvalue weighted by Crippen LogP contribution is -2.11. The van der Waals surface area contributed by atoms with Gasteiger partial charge >= 0.3 is 0 Å². The van der Waals surface area contributed by atoms with E-state index in [1.165, 1.54) is 16.7 Å². The van der Waals surface area contributed by atoms with Gasteiger partial charge in [0.05, 0.1) is 0 Å². The van der Waals surface area contributed by atoms with E-state index in [0.717, 1.165) is 12.8 Å². The summed E-state index contributed by atoms with van der Waals surface area (Å²) in [6, 6.07) is 6.85. The summed E-state index contributed by atoms with van der Waals surface area (Å²) in [4.78, 5) is 0. The maximum absolute atomic E-state index is 3.82. The van der Waals surface area contributed by atoms with E-state index in [1.54, 1.807) is 0 Å². The molecule has 1 aromatic rings. The molecule has 0 amide bonds. The normalized spacial score (nSPS) is 11.5. The van der Waals surface area contributed by atoms with E-state index >= 15 is 0 Å². The Morgan fingerprint density at radius 3 is 2.33 bits per heavy atom. The zero-order valence-electron chi connectivity index (χ0n) is 10.4. The molecule has 0 bridgehead atoms. The Balaban J connectivity index is 3.15. The summed E-state index contributed by atoms with van der Waals surface area (Å²) in [5.41, 5.74) is 4.53. The van der Waals surface area contributed by atoms with Gasteiger partial charge in [0.2, 0.25) is 0 Å². The molecule has 1 aromatic carbocycles. The molecule has 15 heavy (non-hydrogen) atoms. The van der Waals surface area contributed by atoms with Gasteiger partial charge in [-0.25, -0.2) is 0 Å². The van der Waals surface area contributed by atoms with Crippen LogP contribution in [0.4, 0.5) is 0 Å². The third-order valence-electron chi connectivity index (χ3n) is 2.82. The highest BCUT2D eigenvalue weighted by atomic mass is 14.2. The molecule has 0 aliphatic heterocycles. The molecular formula is C15H22. The van der Waals surface area contributed by atoms with Crippen molar-refractivity contribution in [2.24, 2.45) is 0 Å². The van der Waals surface area contributed by atoms with Gasteiger partial charge in [-0.05, 0) is 34.9 Å². The fraction of sp³-hybridized carbons (Fsp3) is 0.467. The SMILES string of the molecule is C=CCc1cc(C(C)(C)C)ccc1CC. The average Bonchev–Trinajstić information content (AvgIpc) is 2.17. The van der Waals surface area contributed by atoms with Gasteiger partial charge in [0.1, 0.15) is 0 Å². The summed E-state index contributed by atoms with van der Waals surface area (Å²) < 4.78 is 0. The van der Waals surface area contributed by atoms with Gasteiger partial charge in [-0.3, -0.25) is 0 Å². The number of aryl methyl sites for hydroxylation is 1. The fourth-order valence-electron chi connectivity index (χ4n) is 1.78. The van der Waals surface area contributed by atoms with Crippen LogP contribution in [0, 0.1) is 0 Å². The quantitative estimate of drug-likeness (QED) is 0.642. The number of rotatable bonds is 3. The first-order valence-corrected chi connectivity index (χ1v) is 5.72. The largest absolute Gasteiger partial charge is 0.103 e. The van der Waals surface area contributed by atoms with Crippen LogP contribution in [0.2, 0.25) is 0 Å². The zero-order valence-corrected chi connectivity index (χ0v) is 10.4. The van der Waals surface area contributed by atoms with E-state index in [0.29, 0.717) is 0 Å². The van der Waals surface area contributed by atoms with Crippen molar-refractivity contribution in [3.63, 3.8) is 0 Å². The molecule has 0 aliphatic carbocycles. The number of hydrogen-bond acceptors (Lipinski definition) is 0. The maximum Gasteiger partial charge on any atom is -0.00973 e. The van der Waals surface area contributed by atoms with Crippen LogP contribution in [0.3, 0.4) is 0 Å². The monoisotopic (exact) mass is 202 g/mol. The molecule has 0 saturated heterocycles. The van der Waals surface area contributed by atoms with Gasteiger partial charge < -0.3 is 0 Å². The standard InChI is InChI=1S/C15H22/c1-6-8-13-11-14(15(3,4)5)10-9-12(13)7-2/h6,9-11H,1,7-8H2,2-5H3. The highest BCUT2D eigenvalue weighted by Gasteiger charge is 2.14. The molecule has 0 aromatic heterocycles. The Hall–Kier alpha value is -1.04. The molecule has 1 rings (SSSR count). The van der Waals surface area contributed by atoms with Gasteiger partial charge in [0, 0.05) is 0 Å². The van der Waals surface area contributed by atoms with E-state index < -0.39 is 0 Å². The van der Waals surface area contributed by atoms with Crippen molar-refractivity contribution >= 4 is 0 Å². The Labute approximate surface area is 94.0 Å². The summed E-state index contributed by atoms with van der Waals surface area (Å²) in [5.74, 6) is 0. The molecule has 0 saturated carbocycles. The third kappa shape index (κ3) is 2.95. The van der Waals surface area contributed by atoms with E-state index in [2.05, 4.69) is 52.5 Å². The maximum atomic E-state index is 3.82. The summed E-state index contributed by atoms with van der Waals surface area (Å²) in [6.07, 6.45) is 4.07. The van der Waals surface area contributed by atoms with Gasteiger partial charge in [0.15, 0.2) is 0 Å². The molecular weight excluding hydrogens is 180 g/mol. The Morgan fingerprint density at radius 1 is 1.20 bits per heavy atom. The van der Waals surface area contributed by atoms with Crippen molar-refractivity contribution in [3.8, 4) is 0 Å². The number of benzene rings is 1. The van der Waals surface area contributed by atoms with Crippen LogP contribution in [0.1, 0.15) is 44.4 Å². The predicted molar refractivity (Wildman–Crippen MR) is 68.4 cm³/mol. The van der Waals surface area contributed by atoms with Crippen molar-refractivity contribution in [3.05, 3.63) is 47.5 Å². The third-order valence-corrected chi connectivity index (χ3v) is 2.82. The van der Waals surface area contributed by atoms with Crippen LogP contribution in [0.25, 0.3) is 0 Å². The van der Waals surface area contributed by atoms with Gasteiger partial charge in [-0.2, -0.15) is 0 Å². The summed E-state index contributed by atoms with van der Waals surface area (Å²) in [6.45, 7) is 12.8. The molecule has 0 heterocycles. The average molecular weight is 202 g/mol. The van der Waals surface area contributed by atoms with Crippen LogP contribution in [-0.2, 0) is 18.3 Å². The molecule has 0 heteroatoms. The Kier molecular flexibility index (Phi) is 3.73. The molecule has 0 N–H and O–H groups in total. The summed E-state index contributed by atoms with van der Waals surface area (Å²) >= 11 is 0. The second-order valence-corrected chi connectivity index (χ2v) is 5.08. The minimum Gasteiger partial charge on any atom is -0.103 e. The minimum absolute atomic E-state index is 0.238. The summed E-state index contributed by atoms with van der Waals surface area (Å²) in [5, 5.41) is 0. The fourth-order valence-corrected chi connectivity index (χ4v) is 1.78. The molecule has 82 valence electrons. The minimum atomic E-state index is 0.238. The highest BCUT2D eigenvalue weighted by molar-refractivity contribution is 5.36. The molecule has 0 aliphatic rings. The van der Waals surface area contributed by atoms with Crippen LogP contribution >= 0.6 is 0 Å². The van der Waals surface area contributed by atoms with Crippen molar-refractivity contribution < 1.29 is 0 Å². The molecule has 0 fully saturated rings. The molecule has 0 atom stereocenters. The van der Waals surface area contributed by atoms with Crippen LogP contribution < -0.4 is 0 Å². The van der Waals surface area contributed by atoms with E-state index in [4.69, 9.17) is 0 Å². The van der Waals surface area contributed by atoms with Crippen molar-refractivity contribution in [1.29, 1.82) is 0 Å². The highest BCUT2D eigenvalue weighted by Crippen LogP contribution is 2.25. The second kappa shape index (κ2) is 4.65. The zero-order chi connectivity index (χ0) is 11.5. The second-order valence-electron chi connectivity index (χ2n) is 5.08. The Morgan fingerprint density at radius 2 is 1.87 bits per heavy atom. The van der Waals surface area contributed by atoms with E-state index in [1.807, 2.05) is 6.08 Å². The first-order valence-electron chi connectivity index (χ1n) is 5.72. The van der Waals surface area contributed by atoms with Crippen molar-refractivity contribution in [2.75, 3.05) is 0 Å². The lowest BCUT2D eigenvalue weighted by atomic mass is 9.84. The molecule has 0 unspecified atom stereocenters. The first-order chi connectivity index (χ1) is 6.99. The lowest BCUT2D eigenvalue weighted by molar-refractivity contribution is 0.589. The smallest absolute Gasteiger partial charge is 0.00973 e.